The first-order chi connectivity index (χ1) is 11.0. The van der Waals surface area contributed by atoms with Crippen LogP contribution in [0.25, 0.3) is 11.0 Å². The van der Waals surface area contributed by atoms with Crippen molar-refractivity contribution in [3.8, 4) is 0 Å². The summed E-state index contributed by atoms with van der Waals surface area (Å²) in [6.07, 6.45) is 4.25. The van der Waals surface area contributed by atoms with Crippen molar-refractivity contribution in [3.05, 3.63) is 46.1 Å². The van der Waals surface area contributed by atoms with Gasteiger partial charge in [-0.3, -0.25) is 9.59 Å². The van der Waals surface area contributed by atoms with Crippen LogP contribution in [0.3, 0.4) is 0 Å². The average Bonchev–Trinajstić information content (AvgIpc) is 2.54. The van der Waals surface area contributed by atoms with Crippen LogP contribution < -0.4 is 10.7 Å². The first-order valence-electron chi connectivity index (χ1n) is 7.71. The van der Waals surface area contributed by atoms with E-state index in [1.807, 2.05) is 0 Å². The van der Waals surface area contributed by atoms with Crippen molar-refractivity contribution in [1.82, 2.24) is 5.32 Å². The Morgan fingerprint density at radius 3 is 2.74 bits per heavy atom. The number of aliphatic hydroxyl groups is 1. The minimum absolute atomic E-state index is 0.0902. The summed E-state index contributed by atoms with van der Waals surface area (Å²) < 4.78 is 18.5. The van der Waals surface area contributed by atoms with Gasteiger partial charge in [-0.2, -0.15) is 0 Å². The summed E-state index contributed by atoms with van der Waals surface area (Å²) in [7, 11) is 0. The summed E-state index contributed by atoms with van der Waals surface area (Å²) in [5.41, 5.74) is -1.22. The Hall–Kier alpha value is -2.21. The second-order valence-electron chi connectivity index (χ2n) is 6.08. The van der Waals surface area contributed by atoms with Crippen LogP contribution in [0.5, 0.6) is 0 Å². The Balaban J connectivity index is 1.78. The molecule has 0 aliphatic heterocycles. The molecule has 1 heterocycles. The van der Waals surface area contributed by atoms with E-state index in [0.29, 0.717) is 12.8 Å². The summed E-state index contributed by atoms with van der Waals surface area (Å²) in [5, 5.41) is 13.1. The summed E-state index contributed by atoms with van der Waals surface area (Å²) in [4.78, 5) is 24.1. The molecule has 0 saturated heterocycles. The van der Waals surface area contributed by atoms with E-state index in [2.05, 4.69) is 5.32 Å². The molecule has 1 aliphatic carbocycles. The molecular weight excluding hydrogens is 301 g/mol. The van der Waals surface area contributed by atoms with Gasteiger partial charge in [0.2, 0.25) is 0 Å². The number of carbonyl (C=O) groups is 1. The molecule has 2 N–H and O–H groups in total. The third kappa shape index (κ3) is 3.42. The Morgan fingerprint density at radius 1 is 1.26 bits per heavy atom. The largest absolute Gasteiger partial charge is 0.451 e. The van der Waals surface area contributed by atoms with Gasteiger partial charge in [0.15, 0.2) is 11.2 Å². The highest BCUT2D eigenvalue weighted by atomic mass is 19.1. The third-order valence-corrected chi connectivity index (χ3v) is 4.28. The molecule has 0 bridgehead atoms. The van der Waals surface area contributed by atoms with E-state index in [9.17, 15) is 19.1 Å². The highest BCUT2D eigenvalue weighted by Gasteiger charge is 2.29. The Kier molecular flexibility index (Phi) is 4.17. The normalized spacial score (nSPS) is 17.1. The van der Waals surface area contributed by atoms with Gasteiger partial charge in [0.05, 0.1) is 11.0 Å². The maximum atomic E-state index is 13.2. The minimum atomic E-state index is -0.895. The first kappa shape index (κ1) is 15.7. The average molecular weight is 319 g/mol. The van der Waals surface area contributed by atoms with Crippen LogP contribution in [0.1, 0.15) is 42.7 Å². The van der Waals surface area contributed by atoms with Crippen LogP contribution in [-0.2, 0) is 0 Å². The van der Waals surface area contributed by atoms with Crippen molar-refractivity contribution in [2.24, 2.45) is 0 Å². The lowest BCUT2D eigenvalue weighted by Crippen LogP contribution is -2.44. The van der Waals surface area contributed by atoms with Gasteiger partial charge < -0.3 is 14.8 Å². The van der Waals surface area contributed by atoms with Gasteiger partial charge in [0, 0.05) is 12.6 Å². The lowest BCUT2D eigenvalue weighted by Gasteiger charge is -2.31. The number of rotatable bonds is 3. The molecule has 0 spiro atoms. The molecule has 1 aromatic carbocycles. The quantitative estimate of drug-likeness (QED) is 0.910. The van der Waals surface area contributed by atoms with Gasteiger partial charge in [0.1, 0.15) is 11.4 Å². The Bertz CT molecular complexity index is 793. The molecule has 1 saturated carbocycles. The zero-order chi connectivity index (χ0) is 16.4. The van der Waals surface area contributed by atoms with Gasteiger partial charge >= 0.3 is 0 Å². The van der Waals surface area contributed by atoms with Gasteiger partial charge in [-0.1, -0.05) is 19.3 Å². The smallest absolute Gasteiger partial charge is 0.287 e. The maximum absolute atomic E-state index is 13.2. The molecule has 2 aromatic rings. The third-order valence-electron chi connectivity index (χ3n) is 4.28. The van der Waals surface area contributed by atoms with Crippen molar-refractivity contribution >= 4 is 16.9 Å². The monoisotopic (exact) mass is 319 g/mol. The number of halogens is 1. The fourth-order valence-electron chi connectivity index (χ4n) is 2.96. The fourth-order valence-corrected chi connectivity index (χ4v) is 2.96. The number of amides is 1. The van der Waals surface area contributed by atoms with Crippen molar-refractivity contribution in [1.29, 1.82) is 0 Å². The Labute approximate surface area is 132 Å². The molecule has 0 atom stereocenters. The molecule has 0 radical (unpaired) electrons. The molecule has 23 heavy (non-hydrogen) atoms. The van der Waals surface area contributed by atoms with E-state index in [-0.39, 0.29) is 23.3 Å². The second kappa shape index (κ2) is 6.12. The minimum Gasteiger partial charge on any atom is -0.451 e. The van der Waals surface area contributed by atoms with Crippen molar-refractivity contribution < 1.29 is 18.7 Å². The summed E-state index contributed by atoms with van der Waals surface area (Å²) >= 11 is 0. The molecule has 1 amide bonds. The van der Waals surface area contributed by atoms with Gasteiger partial charge in [-0.25, -0.2) is 4.39 Å². The van der Waals surface area contributed by atoms with Gasteiger partial charge in [-0.05, 0) is 31.0 Å². The molecule has 0 unspecified atom stereocenters. The van der Waals surface area contributed by atoms with Crippen molar-refractivity contribution in [2.75, 3.05) is 6.54 Å². The lowest BCUT2D eigenvalue weighted by molar-refractivity contribution is 0.00503. The topological polar surface area (TPSA) is 79.5 Å². The Morgan fingerprint density at radius 2 is 2.00 bits per heavy atom. The summed E-state index contributed by atoms with van der Waals surface area (Å²) in [6, 6.07) is 4.60. The SMILES string of the molecule is O=C(NCC1(O)CCCCC1)c1cc(=O)c2cc(F)ccc2o1. The van der Waals surface area contributed by atoms with Crippen LogP contribution >= 0.6 is 0 Å². The fraction of sp³-hybridized carbons (Fsp3) is 0.412. The number of hydrogen-bond acceptors (Lipinski definition) is 4. The van der Waals surface area contributed by atoms with E-state index in [1.165, 1.54) is 6.07 Å². The highest BCUT2D eigenvalue weighted by molar-refractivity contribution is 5.93. The predicted molar refractivity (Wildman–Crippen MR) is 82.8 cm³/mol. The van der Waals surface area contributed by atoms with E-state index in [1.54, 1.807) is 0 Å². The van der Waals surface area contributed by atoms with E-state index >= 15 is 0 Å². The number of hydrogen-bond donors (Lipinski definition) is 2. The molecule has 1 fully saturated rings. The number of benzene rings is 1. The van der Waals surface area contributed by atoms with Crippen molar-refractivity contribution in [3.63, 3.8) is 0 Å². The van der Waals surface area contributed by atoms with Crippen molar-refractivity contribution in [2.45, 2.75) is 37.7 Å². The zero-order valence-corrected chi connectivity index (χ0v) is 12.6. The maximum Gasteiger partial charge on any atom is 0.287 e. The van der Waals surface area contributed by atoms with Crippen LogP contribution in [0.4, 0.5) is 4.39 Å². The van der Waals surface area contributed by atoms with Crippen LogP contribution in [-0.4, -0.2) is 23.2 Å². The zero-order valence-electron chi connectivity index (χ0n) is 12.6. The van der Waals surface area contributed by atoms with E-state index in [0.717, 1.165) is 37.5 Å². The van der Waals surface area contributed by atoms with E-state index < -0.39 is 22.8 Å². The number of carbonyl (C=O) groups excluding carboxylic acids is 1. The first-order valence-corrected chi connectivity index (χ1v) is 7.71. The highest BCUT2D eigenvalue weighted by Crippen LogP contribution is 2.27. The summed E-state index contributed by atoms with van der Waals surface area (Å²) in [5.74, 6) is -1.25. The molecule has 1 aliphatic rings. The van der Waals surface area contributed by atoms with Crippen LogP contribution in [0.2, 0.25) is 0 Å². The molecule has 3 rings (SSSR count). The molecule has 6 heteroatoms. The van der Waals surface area contributed by atoms with Crippen LogP contribution in [0.15, 0.2) is 33.5 Å². The number of fused-ring (bicyclic) bond motifs is 1. The molecule has 5 nitrogen and oxygen atoms in total. The summed E-state index contributed by atoms with van der Waals surface area (Å²) in [6.45, 7) is 0.122. The second-order valence-corrected chi connectivity index (χ2v) is 6.08. The van der Waals surface area contributed by atoms with Gasteiger partial charge in [0.25, 0.3) is 5.91 Å². The standard InChI is InChI=1S/C17H18FNO4/c18-11-4-5-14-12(8-11)13(20)9-15(23-14)16(21)19-10-17(22)6-2-1-3-7-17/h4-5,8-9,22H,1-3,6-7,10H2,(H,19,21). The lowest BCUT2D eigenvalue weighted by atomic mass is 9.85. The van der Waals surface area contributed by atoms with Gasteiger partial charge in [-0.15, -0.1) is 0 Å². The van der Waals surface area contributed by atoms with Crippen LogP contribution in [0, 0.1) is 5.82 Å². The molecular formula is C17H18FNO4. The van der Waals surface area contributed by atoms with E-state index in [4.69, 9.17) is 4.42 Å². The molecule has 1 aromatic heterocycles. The molecule has 122 valence electrons. The number of nitrogens with one attached hydrogen (secondary N) is 1. The predicted octanol–water partition coefficient (Wildman–Crippen LogP) is 2.36.